The van der Waals surface area contributed by atoms with Crippen molar-refractivity contribution in [3.63, 3.8) is 0 Å². The van der Waals surface area contributed by atoms with E-state index in [9.17, 15) is 13.6 Å². The molecule has 0 spiro atoms. The fraction of sp³-hybridized carbons (Fsp3) is 0.562. The number of likely N-dealkylation sites (tertiary alicyclic amines) is 1. The Morgan fingerprint density at radius 1 is 1.24 bits per heavy atom. The Kier molecular flexibility index (Phi) is 4.80. The van der Waals surface area contributed by atoms with Crippen LogP contribution in [-0.4, -0.2) is 29.0 Å². The molecule has 0 aliphatic carbocycles. The molecule has 1 heterocycles. The molecule has 0 saturated carbocycles. The zero-order valence-electron chi connectivity index (χ0n) is 12.6. The Bertz CT molecular complexity index is 511. The van der Waals surface area contributed by atoms with Gasteiger partial charge in [-0.1, -0.05) is 0 Å². The van der Waals surface area contributed by atoms with Crippen molar-refractivity contribution in [2.75, 3.05) is 0 Å². The number of piperidine rings is 1. The maximum atomic E-state index is 13.2. The minimum Gasteiger partial charge on any atom is -0.481 e. The van der Waals surface area contributed by atoms with E-state index in [2.05, 4.69) is 0 Å². The molecule has 1 saturated heterocycles. The molecule has 0 radical (unpaired) electrons. The van der Waals surface area contributed by atoms with E-state index in [-0.39, 0.29) is 23.7 Å². The van der Waals surface area contributed by atoms with Gasteiger partial charge in [-0.2, -0.15) is 0 Å². The molecular formula is C16H21F2NO2. The molecular weight excluding hydrogens is 276 g/mol. The fourth-order valence-electron chi connectivity index (χ4n) is 2.87. The summed E-state index contributed by atoms with van der Waals surface area (Å²) in [5.41, 5.74) is 0. The first-order valence-corrected chi connectivity index (χ1v) is 7.34. The Morgan fingerprint density at radius 2 is 1.86 bits per heavy atom. The van der Waals surface area contributed by atoms with E-state index < -0.39 is 17.7 Å². The van der Waals surface area contributed by atoms with Crippen molar-refractivity contribution >= 4 is 5.91 Å². The minimum absolute atomic E-state index is 0.112. The molecule has 5 heteroatoms. The summed E-state index contributed by atoms with van der Waals surface area (Å²) < 4.78 is 31.5. The first kappa shape index (κ1) is 15.7. The van der Waals surface area contributed by atoms with Crippen molar-refractivity contribution in [2.45, 2.75) is 58.2 Å². The number of halogens is 2. The summed E-state index contributed by atoms with van der Waals surface area (Å²) in [6.45, 7) is 5.69. The predicted octanol–water partition coefficient (Wildman–Crippen LogP) is 3.52. The van der Waals surface area contributed by atoms with Crippen molar-refractivity contribution in [1.29, 1.82) is 0 Å². The number of hydrogen-bond acceptors (Lipinski definition) is 2. The van der Waals surface area contributed by atoms with Gasteiger partial charge in [0.15, 0.2) is 17.7 Å². The third-order valence-electron chi connectivity index (χ3n) is 4.00. The molecule has 3 nitrogen and oxygen atoms in total. The average Bonchev–Trinajstić information content (AvgIpc) is 2.42. The van der Waals surface area contributed by atoms with Gasteiger partial charge in [-0.25, -0.2) is 8.78 Å². The van der Waals surface area contributed by atoms with Crippen LogP contribution in [0.3, 0.4) is 0 Å². The first-order chi connectivity index (χ1) is 9.90. The minimum atomic E-state index is -0.980. The van der Waals surface area contributed by atoms with Gasteiger partial charge in [0, 0.05) is 18.2 Å². The Balaban J connectivity index is 2.06. The highest BCUT2D eigenvalue weighted by molar-refractivity contribution is 5.81. The predicted molar refractivity (Wildman–Crippen MR) is 76.1 cm³/mol. The van der Waals surface area contributed by atoms with E-state index in [0.29, 0.717) is 0 Å². The van der Waals surface area contributed by atoms with E-state index in [1.165, 1.54) is 6.07 Å². The number of ether oxygens (including phenoxy) is 1. The van der Waals surface area contributed by atoms with Crippen molar-refractivity contribution in [2.24, 2.45) is 0 Å². The monoisotopic (exact) mass is 297 g/mol. The third-order valence-corrected chi connectivity index (χ3v) is 4.00. The Morgan fingerprint density at radius 3 is 2.43 bits per heavy atom. The lowest BCUT2D eigenvalue weighted by molar-refractivity contribution is -0.144. The van der Waals surface area contributed by atoms with Gasteiger partial charge < -0.3 is 9.64 Å². The van der Waals surface area contributed by atoms with Crippen molar-refractivity contribution in [3.8, 4) is 5.75 Å². The van der Waals surface area contributed by atoms with Crippen molar-refractivity contribution in [3.05, 3.63) is 29.8 Å². The van der Waals surface area contributed by atoms with E-state index in [4.69, 9.17) is 4.74 Å². The van der Waals surface area contributed by atoms with Gasteiger partial charge >= 0.3 is 0 Å². The second-order valence-electron chi connectivity index (χ2n) is 5.71. The molecule has 1 amide bonds. The molecule has 1 fully saturated rings. The van der Waals surface area contributed by atoms with Crippen molar-refractivity contribution < 1.29 is 18.3 Å². The maximum Gasteiger partial charge on any atom is 0.263 e. The number of carbonyl (C=O) groups excluding carboxylic acids is 1. The Hall–Kier alpha value is -1.65. The molecule has 1 aliphatic heterocycles. The van der Waals surface area contributed by atoms with Crippen LogP contribution < -0.4 is 4.74 Å². The number of rotatable bonds is 3. The SMILES string of the molecule is CC(Oc1ccc(F)c(F)c1)C(=O)N1C(C)CCCC1C. The van der Waals surface area contributed by atoms with Crippen LogP contribution in [0.25, 0.3) is 0 Å². The zero-order chi connectivity index (χ0) is 15.6. The van der Waals surface area contributed by atoms with Crippen molar-refractivity contribution in [1.82, 2.24) is 4.90 Å². The smallest absolute Gasteiger partial charge is 0.263 e. The van der Waals surface area contributed by atoms with Gasteiger partial charge in [0.25, 0.3) is 5.91 Å². The summed E-state index contributed by atoms with van der Waals surface area (Å²) in [4.78, 5) is 14.3. The van der Waals surface area contributed by atoms with E-state index in [1.54, 1.807) is 6.92 Å². The molecule has 116 valence electrons. The molecule has 3 unspecified atom stereocenters. The molecule has 1 aliphatic rings. The van der Waals surface area contributed by atoms with Crippen LogP contribution in [0.2, 0.25) is 0 Å². The molecule has 0 aromatic heterocycles. The third kappa shape index (κ3) is 3.52. The zero-order valence-corrected chi connectivity index (χ0v) is 12.6. The van der Waals surface area contributed by atoms with Gasteiger partial charge in [0.2, 0.25) is 0 Å². The molecule has 2 rings (SSSR count). The molecule has 1 aromatic carbocycles. The summed E-state index contributed by atoms with van der Waals surface area (Å²) in [5, 5.41) is 0. The second kappa shape index (κ2) is 6.41. The van der Waals surface area contributed by atoms with Crippen LogP contribution in [0.4, 0.5) is 8.78 Å². The lowest BCUT2D eigenvalue weighted by atomic mass is 9.97. The van der Waals surface area contributed by atoms with Crippen LogP contribution in [0.1, 0.15) is 40.0 Å². The number of amides is 1. The topological polar surface area (TPSA) is 29.5 Å². The first-order valence-electron chi connectivity index (χ1n) is 7.34. The van der Waals surface area contributed by atoms with Gasteiger partial charge in [0.05, 0.1) is 0 Å². The van der Waals surface area contributed by atoms with Gasteiger partial charge in [-0.3, -0.25) is 4.79 Å². The molecule has 3 atom stereocenters. The highest BCUT2D eigenvalue weighted by Crippen LogP contribution is 2.24. The molecule has 1 aromatic rings. The fourth-order valence-corrected chi connectivity index (χ4v) is 2.87. The largest absolute Gasteiger partial charge is 0.481 e. The standard InChI is InChI=1S/C16H21F2NO2/c1-10-5-4-6-11(2)19(10)16(20)12(3)21-13-7-8-14(17)15(18)9-13/h7-12H,4-6H2,1-3H3. The summed E-state index contributed by atoms with van der Waals surface area (Å²) in [6.07, 6.45) is 2.35. The van der Waals surface area contributed by atoms with Crippen LogP contribution in [0.15, 0.2) is 18.2 Å². The second-order valence-corrected chi connectivity index (χ2v) is 5.71. The maximum absolute atomic E-state index is 13.2. The number of benzene rings is 1. The highest BCUT2D eigenvalue weighted by atomic mass is 19.2. The van der Waals surface area contributed by atoms with E-state index in [0.717, 1.165) is 31.4 Å². The quantitative estimate of drug-likeness (QED) is 0.854. The summed E-state index contributed by atoms with van der Waals surface area (Å²) in [5.74, 6) is -1.86. The number of nitrogens with zero attached hydrogens (tertiary/aromatic N) is 1. The van der Waals surface area contributed by atoms with Gasteiger partial charge in [-0.05, 0) is 52.2 Å². The van der Waals surface area contributed by atoms with Crippen LogP contribution in [-0.2, 0) is 4.79 Å². The van der Waals surface area contributed by atoms with Crippen LogP contribution in [0, 0.1) is 11.6 Å². The van der Waals surface area contributed by atoms with Gasteiger partial charge in [0.1, 0.15) is 5.75 Å². The molecule has 0 bridgehead atoms. The Labute approximate surface area is 123 Å². The highest BCUT2D eigenvalue weighted by Gasteiger charge is 2.32. The van der Waals surface area contributed by atoms with Crippen LogP contribution >= 0.6 is 0 Å². The lowest BCUT2D eigenvalue weighted by Gasteiger charge is -2.40. The molecule has 21 heavy (non-hydrogen) atoms. The summed E-state index contributed by atoms with van der Waals surface area (Å²) in [6, 6.07) is 3.64. The molecule has 0 N–H and O–H groups in total. The van der Waals surface area contributed by atoms with Gasteiger partial charge in [-0.15, -0.1) is 0 Å². The van der Waals surface area contributed by atoms with Crippen LogP contribution in [0.5, 0.6) is 5.75 Å². The number of carbonyl (C=O) groups is 1. The number of hydrogen-bond donors (Lipinski definition) is 0. The summed E-state index contributed by atoms with van der Waals surface area (Å²) >= 11 is 0. The summed E-state index contributed by atoms with van der Waals surface area (Å²) in [7, 11) is 0. The normalized spacial score (nSPS) is 23.8. The lowest BCUT2D eigenvalue weighted by Crippen LogP contribution is -2.51. The van der Waals surface area contributed by atoms with E-state index >= 15 is 0 Å². The average molecular weight is 297 g/mol. The van der Waals surface area contributed by atoms with E-state index in [1.807, 2.05) is 18.7 Å².